The number of epoxide rings is 1. The fraction of sp³-hybridized carbons (Fsp3) is 0.550. The standard InChI is InChI=1S/C20H28O4Si/c1-19(2,3)25(6,7)24-15-10-8-13-9-11-17(21)22-18(13)14(15)12-16-20(4,5)23-16/h8-11,16H,12H2,1-7H3/t16-/m1/s1. The summed E-state index contributed by atoms with van der Waals surface area (Å²) in [5, 5.41) is 1.00. The van der Waals surface area contributed by atoms with Gasteiger partial charge in [-0.2, -0.15) is 0 Å². The van der Waals surface area contributed by atoms with E-state index < -0.39 is 8.32 Å². The predicted molar refractivity (Wildman–Crippen MR) is 103 cm³/mol. The summed E-state index contributed by atoms with van der Waals surface area (Å²) < 4.78 is 17.9. The summed E-state index contributed by atoms with van der Waals surface area (Å²) in [6.07, 6.45) is 0.798. The zero-order chi connectivity index (χ0) is 18.6. The van der Waals surface area contributed by atoms with Crippen LogP contribution in [0.3, 0.4) is 0 Å². The van der Waals surface area contributed by atoms with Gasteiger partial charge in [0.25, 0.3) is 0 Å². The van der Waals surface area contributed by atoms with Gasteiger partial charge in [0.2, 0.25) is 8.32 Å². The molecule has 3 rings (SSSR count). The molecule has 4 nitrogen and oxygen atoms in total. The molecule has 136 valence electrons. The molecule has 1 aliphatic heterocycles. The Labute approximate surface area is 150 Å². The van der Waals surface area contributed by atoms with Crippen LogP contribution in [0, 0.1) is 0 Å². The quantitative estimate of drug-likeness (QED) is 0.442. The van der Waals surface area contributed by atoms with Gasteiger partial charge in [-0.1, -0.05) is 20.8 Å². The Bertz CT molecular complexity index is 858. The zero-order valence-corrected chi connectivity index (χ0v) is 17.2. The monoisotopic (exact) mass is 360 g/mol. The highest BCUT2D eigenvalue weighted by Crippen LogP contribution is 2.43. The third kappa shape index (κ3) is 3.53. The van der Waals surface area contributed by atoms with Crippen molar-refractivity contribution in [2.45, 2.75) is 70.9 Å². The van der Waals surface area contributed by atoms with Crippen LogP contribution < -0.4 is 10.1 Å². The third-order valence-electron chi connectivity index (χ3n) is 5.57. The first-order chi connectivity index (χ1) is 11.4. The molecule has 0 amide bonds. The lowest BCUT2D eigenvalue weighted by Crippen LogP contribution is -2.44. The topological polar surface area (TPSA) is 52.0 Å². The zero-order valence-electron chi connectivity index (χ0n) is 16.2. The van der Waals surface area contributed by atoms with Crippen molar-refractivity contribution < 1.29 is 13.6 Å². The summed E-state index contributed by atoms with van der Waals surface area (Å²) in [5.74, 6) is 0.819. The van der Waals surface area contributed by atoms with Crippen LogP contribution >= 0.6 is 0 Å². The van der Waals surface area contributed by atoms with Gasteiger partial charge in [0.15, 0.2) is 0 Å². The average molecular weight is 361 g/mol. The molecular formula is C20H28O4Si. The second-order valence-corrected chi connectivity index (χ2v) is 13.7. The van der Waals surface area contributed by atoms with Crippen molar-refractivity contribution in [3.63, 3.8) is 0 Å². The van der Waals surface area contributed by atoms with Crippen LogP contribution in [0.4, 0.5) is 0 Å². The summed E-state index contributed by atoms with van der Waals surface area (Å²) >= 11 is 0. The molecule has 2 aromatic rings. The molecule has 0 unspecified atom stereocenters. The minimum Gasteiger partial charge on any atom is -0.543 e. The van der Waals surface area contributed by atoms with Crippen LogP contribution in [0.5, 0.6) is 5.75 Å². The Morgan fingerprint density at radius 2 is 1.76 bits per heavy atom. The maximum Gasteiger partial charge on any atom is 0.336 e. The third-order valence-corrected chi connectivity index (χ3v) is 9.92. The van der Waals surface area contributed by atoms with Crippen molar-refractivity contribution in [3.05, 3.63) is 40.2 Å². The predicted octanol–water partition coefficient (Wildman–Crippen LogP) is 4.90. The molecular weight excluding hydrogens is 332 g/mol. The van der Waals surface area contributed by atoms with E-state index >= 15 is 0 Å². The highest BCUT2D eigenvalue weighted by atomic mass is 28.4. The fourth-order valence-corrected chi connectivity index (χ4v) is 3.74. The van der Waals surface area contributed by atoms with Gasteiger partial charge in [-0.15, -0.1) is 0 Å². The molecule has 25 heavy (non-hydrogen) atoms. The molecule has 0 N–H and O–H groups in total. The number of fused-ring (bicyclic) bond motifs is 1. The van der Waals surface area contributed by atoms with E-state index in [2.05, 4.69) is 47.7 Å². The molecule has 5 heteroatoms. The van der Waals surface area contributed by atoms with E-state index in [-0.39, 0.29) is 22.4 Å². The Kier molecular flexibility index (Phi) is 4.16. The lowest BCUT2D eigenvalue weighted by atomic mass is 10.00. The van der Waals surface area contributed by atoms with Crippen molar-refractivity contribution in [2.75, 3.05) is 0 Å². The lowest BCUT2D eigenvalue weighted by Gasteiger charge is -2.37. The van der Waals surface area contributed by atoms with E-state index in [0.29, 0.717) is 12.0 Å². The van der Waals surface area contributed by atoms with Crippen molar-refractivity contribution in [3.8, 4) is 5.75 Å². The molecule has 1 aromatic carbocycles. The summed E-state index contributed by atoms with van der Waals surface area (Å²) in [6, 6.07) is 7.23. The Hall–Kier alpha value is -1.59. The lowest BCUT2D eigenvalue weighted by molar-refractivity contribution is 0.323. The Morgan fingerprint density at radius 1 is 1.16 bits per heavy atom. The molecule has 1 saturated heterocycles. The largest absolute Gasteiger partial charge is 0.543 e. The molecule has 1 aromatic heterocycles. The van der Waals surface area contributed by atoms with Crippen molar-refractivity contribution in [1.82, 2.24) is 0 Å². The summed E-state index contributed by atoms with van der Waals surface area (Å²) in [5.41, 5.74) is 1.09. The molecule has 0 saturated carbocycles. The molecule has 1 fully saturated rings. The minimum atomic E-state index is -2.01. The molecule has 0 spiro atoms. The maximum absolute atomic E-state index is 11.8. The molecule has 0 bridgehead atoms. The first-order valence-corrected chi connectivity index (χ1v) is 11.7. The number of hydrogen-bond donors (Lipinski definition) is 0. The van der Waals surface area contributed by atoms with Crippen LogP contribution in [0.25, 0.3) is 11.0 Å². The van der Waals surface area contributed by atoms with E-state index in [9.17, 15) is 4.79 Å². The first-order valence-electron chi connectivity index (χ1n) is 8.83. The highest BCUT2D eigenvalue weighted by molar-refractivity contribution is 6.74. The second kappa shape index (κ2) is 5.71. The van der Waals surface area contributed by atoms with Crippen LogP contribution in [-0.4, -0.2) is 20.0 Å². The van der Waals surface area contributed by atoms with Gasteiger partial charge in [0, 0.05) is 23.4 Å². The van der Waals surface area contributed by atoms with E-state index in [1.165, 1.54) is 6.07 Å². The summed E-state index contributed by atoms with van der Waals surface area (Å²) in [7, 11) is -2.01. The van der Waals surface area contributed by atoms with Crippen molar-refractivity contribution in [1.29, 1.82) is 0 Å². The molecule has 2 heterocycles. The van der Waals surface area contributed by atoms with Gasteiger partial charge < -0.3 is 13.6 Å². The normalized spacial score (nSPS) is 19.9. The van der Waals surface area contributed by atoms with E-state index in [0.717, 1.165) is 16.7 Å². The molecule has 0 radical (unpaired) electrons. The van der Waals surface area contributed by atoms with E-state index in [1.54, 1.807) is 6.07 Å². The van der Waals surface area contributed by atoms with Crippen LogP contribution in [-0.2, 0) is 11.2 Å². The van der Waals surface area contributed by atoms with Crippen molar-refractivity contribution in [2.24, 2.45) is 0 Å². The van der Waals surface area contributed by atoms with Crippen LogP contribution in [0.15, 0.2) is 33.5 Å². The number of benzene rings is 1. The van der Waals surface area contributed by atoms with Gasteiger partial charge in [0.05, 0.1) is 11.7 Å². The summed E-state index contributed by atoms with van der Waals surface area (Å²) in [4.78, 5) is 11.8. The average Bonchev–Trinajstić information content (AvgIpc) is 3.07. The van der Waals surface area contributed by atoms with E-state index in [4.69, 9.17) is 13.6 Å². The fourth-order valence-electron chi connectivity index (χ4n) is 2.69. The van der Waals surface area contributed by atoms with Crippen molar-refractivity contribution >= 4 is 19.3 Å². The van der Waals surface area contributed by atoms with Gasteiger partial charge in [-0.3, -0.25) is 0 Å². The van der Waals surface area contributed by atoms with E-state index in [1.807, 2.05) is 12.1 Å². The highest BCUT2D eigenvalue weighted by Gasteiger charge is 2.48. The molecule has 1 atom stereocenters. The number of hydrogen-bond acceptors (Lipinski definition) is 4. The van der Waals surface area contributed by atoms with Gasteiger partial charge in [-0.05, 0) is 50.2 Å². The maximum atomic E-state index is 11.8. The smallest absolute Gasteiger partial charge is 0.336 e. The van der Waals surface area contributed by atoms with Gasteiger partial charge in [-0.25, -0.2) is 4.79 Å². The number of rotatable bonds is 4. The van der Waals surface area contributed by atoms with Crippen LogP contribution in [0.2, 0.25) is 18.1 Å². The SMILES string of the molecule is CC1(C)O[C@@H]1Cc1c(O[Si](C)(C)C(C)(C)C)ccc2ccc(=O)oc12. The number of ether oxygens (including phenoxy) is 1. The Morgan fingerprint density at radius 3 is 2.32 bits per heavy atom. The van der Waals surface area contributed by atoms with Crippen LogP contribution in [0.1, 0.15) is 40.2 Å². The first kappa shape index (κ1) is 18.2. The Balaban J connectivity index is 2.09. The summed E-state index contributed by atoms with van der Waals surface area (Å²) in [6.45, 7) is 15.2. The van der Waals surface area contributed by atoms with Gasteiger partial charge >= 0.3 is 5.63 Å². The van der Waals surface area contributed by atoms with Gasteiger partial charge in [0.1, 0.15) is 11.3 Å². The minimum absolute atomic E-state index is 0.0894. The molecule has 0 aliphatic carbocycles. The second-order valence-electron chi connectivity index (χ2n) is 8.99. The molecule has 1 aliphatic rings.